The van der Waals surface area contributed by atoms with Gasteiger partial charge in [0.2, 0.25) is 15.9 Å². The summed E-state index contributed by atoms with van der Waals surface area (Å²) in [6.07, 6.45) is 2.26. The molecule has 0 radical (unpaired) electrons. The zero-order valence-electron chi connectivity index (χ0n) is 16.6. The summed E-state index contributed by atoms with van der Waals surface area (Å²) in [6.45, 7) is 1.28. The number of esters is 1. The number of anilines is 1. The number of hydrogen-bond donors (Lipinski definition) is 0. The summed E-state index contributed by atoms with van der Waals surface area (Å²) in [4.78, 5) is 26.4. The fraction of sp³-hybridized carbons (Fsp3) is 0.364. The second-order valence-corrected chi connectivity index (χ2v) is 9.49. The molecule has 4 rings (SSSR count). The van der Waals surface area contributed by atoms with Gasteiger partial charge in [-0.2, -0.15) is 4.31 Å². The van der Waals surface area contributed by atoms with Crippen molar-refractivity contribution in [1.29, 1.82) is 0 Å². The molecule has 0 N–H and O–H groups in total. The van der Waals surface area contributed by atoms with Crippen LogP contribution in [-0.4, -0.2) is 44.2 Å². The van der Waals surface area contributed by atoms with Gasteiger partial charge in [-0.15, -0.1) is 0 Å². The van der Waals surface area contributed by atoms with Crippen LogP contribution in [0.5, 0.6) is 5.75 Å². The molecule has 8 heteroatoms. The number of nitrogens with zero attached hydrogens (tertiary/aromatic N) is 2. The molecule has 0 bridgehead atoms. The molecule has 158 valence electrons. The van der Waals surface area contributed by atoms with Crippen LogP contribution in [0.4, 0.5) is 5.69 Å². The standard InChI is InChI=1S/C22H24N2O5S/c25-21-7-4-14-24(21)18-8-10-19(11-9-18)29-22(26)17-12-15-23(16-13-17)30(27,28)20-5-2-1-3-6-20/h1-3,5-6,8-11,17H,4,7,12-16H2. The second kappa shape index (κ2) is 8.57. The van der Waals surface area contributed by atoms with Gasteiger partial charge in [0.15, 0.2) is 0 Å². The molecule has 30 heavy (non-hydrogen) atoms. The molecular weight excluding hydrogens is 404 g/mol. The quantitative estimate of drug-likeness (QED) is 0.540. The van der Waals surface area contributed by atoms with Crippen molar-refractivity contribution >= 4 is 27.6 Å². The minimum absolute atomic E-state index is 0.108. The van der Waals surface area contributed by atoms with Crippen LogP contribution in [0, 0.1) is 5.92 Å². The molecule has 2 aromatic rings. The summed E-state index contributed by atoms with van der Waals surface area (Å²) < 4.78 is 32.3. The monoisotopic (exact) mass is 428 g/mol. The minimum Gasteiger partial charge on any atom is -0.426 e. The van der Waals surface area contributed by atoms with Gasteiger partial charge in [0.1, 0.15) is 5.75 Å². The molecule has 0 aromatic heterocycles. The van der Waals surface area contributed by atoms with Crippen molar-refractivity contribution in [2.75, 3.05) is 24.5 Å². The van der Waals surface area contributed by atoms with Crippen molar-refractivity contribution in [3.63, 3.8) is 0 Å². The van der Waals surface area contributed by atoms with Crippen LogP contribution in [0.25, 0.3) is 0 Å². The molecule has 2 heterocycles. The summed E-state index contributed by atoms with van der Waals surface area (Å²) >= 11 is 0. The number of benzene rings is 2. The van der Waals surface area contributed by atoms with E-state index in [4.69, 9.17) is 4.74 Å². The Hall–Kier alpha value is -2.71. The maximum atomic E-state index is 12.7. The Labute approximate surface area is 176 Å². The fourth-order valence-corrected chi connectivity index (χ4v) is 5.38. The van der Waals surface area contributed by atoms with E-state index >= 15 is 0 Å². The highest BCUT2D eigenvalue weighted by Crippen LogP contribution is 2.27. The molecule has 2 fully saturated rings. The van der Waals surface area contributed by atoms with E-state index in [0.29, 0.717) is 31.6 Å². The number of amides is 1. The van der Waals surface area contributed by atoms with Crippen LogP contribution in [-0.2, 0) is 19.6 Å². The fourth-order valence-electron chi connectivity index (χ4n) is 3.89. The van der Waals surface area contributed by atoms with Crippen LogP contribution < -0.4 is 9.64 Å². The van der Waals surface area contributed by atoms with Gasteiger partial charge >= 0.3 is 5.97 Å². The third kappa shape index (κ3) is 4.24. The predicted octanol–water partition coefficient (Wildman–Crippen LogP) is 2.82. The maximum Gasteiger partial charge on any atom is 0.314 e. The first kappa shape index (κ1) is 20.6. The lowest BCUT2D eigenvalue weighted by atomic mass is 9.98. The van der Waals surface area contributed by atoms with Crippen molar-refractivity contribution in [2.45, 2.75) is 30.6 Å². The predicted molar refractivity (Wildman–Crippen MR) is 112 cm³/mol. The molecule has 7 nitrogen and oxygen atoms in total. The van der Waals surface area contributed by atoms with E-state index in [0.717, 1.165) is 12.1 Å². The van der Waals surface area contributed by atoms with E-state index in [-0.39, 0.29) is 35.8 Å². The average Bonchev–Trinajstić information content (AvgIpc) is 3.21. The number of piperidine rings is 1. The molecule has 0 spiro atoms. The highest BCUT2D eigenvalue weighted by molar-refractivity contribution is 7.89. The Kier molecular flexibility index (Phi) is 5.87. The zero-order valence-corrected chi connectivity index (χ0v) is 17.4. The van der Waals surface area contributed by atoms with E-state index in [1.54, 1.807) is 59.5 Å². The van der Waals surface area contributed by atoms with Gasteiger partial charge in [-0.1, -0.05) is 18.2 Å². The van der Waals surface area contributed by atoms with Crippen LogP contribution >= 0.6 is 0 Å². The van der Waals surface area contributed by atoms with E-state index in [1.807, 2.05) is 0 Å². The van der Waals surface area contributed by atoms with E-state index in [1.165, 1.54) is 4.31 Å². The molecule has 0 unspecified atom stereocenters. The topological polar surface area (TPSA) is 84.0 Å². The molecule has 2 saturated heterocycles. The normalized spacial score (nSPS) is 18.5. The van der Waals surface area contributed by atoms with E-state index < -0.39 is 10.0 Å². The van der Waals surface area contributed by atoms with Crippen LogP contribution in [0.3, 0.4) is 0 Å². The Morgan fingerprint density at radius 1 is 0.933 bits per heavy atom. The average molecular weight is 429 g/mol. The Morgan fingerprint density at radius 3 is 2.20 bits per heavy atom. The number of ether oxygens (including phenoxy) is 1. The highest BCUT2D eigenvalue weighted by Gasteiger charge is 2.33. The Bertz CT molecular complexity index is 1010. The third-order valence-electron chi connectivity index (χ3n) is 5.61. The van der Waals surface area contributed by atoms with Gasteiger partial charge in [-0.3, -0.25) is 9.59 Å². The number of carbonyl (C=O) groups excluding carboxylic acids is 2. The van der Waals surface area contributed by atoms with Gasteiger partial charge < -0.3 is 9.64 Å². The Balaban J connectivity index is 1.33. The lowest BCUT2D eigenvalue weighted by molar-refractivity contribution is -0.140. The van der Waals surface area contributed by atoms with Crippen LogP contribution in [0.15, 0.2) is 59.5 Å². The van der Waals surface area contributed by atoms with Gasteiger partial charge in [-0.05, 0) is 55.7 Å². The molecule has 0 atom stereocenters. The SMILES string of the molecule is O=C(Oc1ccc(N2CCCC2=O)cc1)C1CCN(S(=O)(=O)c2ccccc2)CC1. The van der Waals surface area contributed by atoms with E-state index in [9.17, 15) is 18.0 Å². The highest BCUT2D eigenvalue weighted by atomic mass is 32.2. The largest absolute Gasteiger partial charge is 0.426 e. The van der Waals surface area contributed by atoms with Crippen molar-refractivity contribution in [2.24, 2.45) is 5.92 Å². The van der Waals surface area contributed by atoms with Crippen LogP contribution in [0.2, 0.25) is 0 Å². The third-order valence-corrected chi connectivity index (χ3v) is 7.52. The smallest absolute Gasteiger partial charge is 0.314 e. The summed E-state index contributed by atoms with van der Waals surface area (Å²) in [5.74, 6) is -0.157. The van der Waals surface area contributed by atoms with Crippen molar-refractivity contribution in [3.8, 4) is 5.75 Å². The summed E-state index contributed by atoms with van der Waals surface area (Å²) in [7, 11) is -3.54. The second-order valence-electron chi connectivity index (χ2n) is 7.56. The maximum absolute atomic E-state index is 12.7. The first-order valence-electron chi connectivity index (χ1n) is 10.1. The van der Waals surface area contributed by atoms with Gasteiger partial charge in [-0.25, -0.2) is 8.42 Å². The number of hydrogen-bond acceptors (Lipinski definition) is 5. The summed E-state index contributed by atoms with van der Waals surface area (Å²) in [5.41, 5.74) is 0.803. The van der Waals surface area contributed by atoms with Gasteiger partial charge in [0.05, 0.1) is 10.8 Å². The van der Waals surface area contributed by atoms with Crippen molar-refractivity contribution < 1.29 is 22.7 Å². The molecule has 2 aliphatic rings. The van der Waals surface area contributed by atoms with Gasteiger partial charge in [0.25, 0.3) is 0 Å². The molecular formula is C22H24N2O5S. The van der Waals surface area contributed by atoms with Crippen molar-refractivity contribution in [1.82, 2.24) is 4.31 Å². The summed E-state index contributed by atoms with van der Waals surface area (Å²) in [6, 6.07) is 15.3. The van der Waals surface area contributed by atoms with Crippen LogP contribution in [0.1, 0.15) is 25.7 Å². The molecule has 2 aliphatic heterocycles. The summed E-state index contributed by atoms with van der Waals surface area (Å²) in [5, 5.41) is 0. The lowest BCUT2D eigenvalue weighted by Gasteiger charge is -2.30. The van der Waals surface area contributed by atoms with E-state index in [2.05, 4.69) is 0 Å². The van der Waals surface area contributed by atoms with Gasteiger partial charge in [0, 0.05) is 31.7 Å². The lowest BCUT2D eigenvalue weighted by Crippen LogP contribution is -2.41. The minimum atomic E-state index is -3.54. The number of carbonyl (C=O) groups is 2. The molecule has 2 aromatic carbocycles. The Morgan fingerprint density at radius 2 is 1.60 bits per heavy atom. The molecule has 0 aliphatic carbocycles. The number of sulfonamides is 1. The zero-order chi connectivity index (χ0) is 21.1. The van der Waals surface area contributed by atoms with Crippen molar-refractivity contribution in [3.05, 3.63) is 54.6 Å². The first-order valence-corrected chi connectivity index (χ1v) is 11.6. The number of rotatable bonds is 5. The molecule has 1 amide bonds. The first-order chi connectivity index (χ1) is 14.4. The molecule has 0 saturated carbocycles.